The van der Waals surface area contributed by atoms with Crippen LogP contribution in [0.3, 0.4) is 0 Å². The highest BCUT2D eigenvalue weighted by atomic mass is 16.5. The van der Waals surface area contributed by atoms with Gasteiger partial charge in [0, 0.05) is 16.7 Å². The van der Waals surface area contributed by atoms with Gasteiger partial charge in [-0.15, -0.1) is 0 Å². The molecule has 27 heavy (non-hydrogen) atoms. The molecular formula is C24H26O3. The average molecular weight is 362 g/mol. The maximum absolute atomic E-state index is 10.8. The second-order valence-electron chi connectivity index (χ2n) is 8.60. The number of carboxylic acids is 1. The van der Waals surface area contributed by atoms with Crippen molar-refractivity contribution in [2.45, 2.75) is 58.5 Å². The number of hydrogen-bond donors (Lipinski definition) is 1. The summed E-state index contributed by atoms with van der Waals surface area (Å²) in [6.45, 7) is 10.8. The molecule has 0 unspecified atom stereocenters. The van der Waals surface area contributed by atoms with Gasteiger partial charge >= 0.3 is 5.97 Å². The van der Waals surface area contributed by atoms with Crippen LogP contribution in [0.5, 0.6) is 5.75 Å². The summed E-state index contributed by atoms with van der Waals surface area (Å²) in [6.07, 6.45) is 0.983. The number of fused-ring (bicyclic) bond motifs is 1. The number of carboxylic acid groups (broad SMARTS) is 1. The molecule has 2 aromatic carbocycles. The maximum Gasteiger partial charge on any atom is 0.307 e. The first-order chi connectivity index (χ1) is 12.6. The Morgan fingerprint density at radius 1 is 1.11 bits per heavy atom. The van der Waals surface area contributed by atoms with Crippen molar-refractivity contribution >= 4 is 5.97 Å². The van der Waals surface area contributed by atoms with E-state index in [0.717, 1.165) is 34.4 Å². The lowest BCUT2D eigenvalue weighted by molar-refractivity contribution is -0.136. The van der Waals surface area contributed by atoms with Crippen LogP contribution in [0.4, 0.5) is 0 Å². The van der Waals surface area contributed by atoms with Crippen molar-refractivity contribution in [2.24, 2.45) is 0 Å². The molecule has 0 aliphatic carbocycles. The second kappa shape index (κ2) is 6.78. The van der Waals surface area contributed by atoms with E-state index in [1.54, 1.807) is 0 Å². The molecule has 0 aromatic heterocycles. The van der Waals surface area contributed by atoms with Crippen molar-refractivity contribution in [3.8, 4) is 17.6 Å². The van der Waals surface area contributed by atoms with E-state index in [4.69, 9.17) is 9.84 Å². The fourth-order valence-electron chi connectivity index (χ4n) is 3.94. The first-order valence-corrected chi connectivity index (χ1v) is 9.23. The lowest BCUT2D eigenvalue weighted by Crippen LogP contribution is -2.41. The van der Waals surface area contributed by atoms with Crippen LogP contribution in [-0.2, 0) is 16.6 Å². The smallest absolute Gasteiger partial charge is 0.307 e. The number of rotatable bonds is 2. The molecule has 0 bridgehead atoms. The molecule has 3 rings (SSSR count). The lowest BCUT2D eigenvalue weighted by atomic mass is 9.73. The van der Waals surface area contributed by atoms with Gasteiger partial charge in [0.1, 0.15) is 11.4 Å². The molecule has 0 radical (unpaired) electrons. The summed E-state index contributed by atoms with van der Waals surface area (Å²) in [6, 6.07) is 11.6. The highest BCUT2D eigenvalue weighted by Gasteiger charge is 2.39. The summed E-state index contributed by atoms with van der Waals surface area (Å²) in [4.78, 5) is 10.8. The molecular weight excluding hydrogens is 336 g/mol. The summed E-state index contributed by atoms with van der Waals surface area (Å²) in [5, 5.41) is 8.85. The normalized spacial score (nSPS) is 16.5. The standard InChI is InChI=1S/C24H26O3/c1-16-12-21-20(23(2,3)15-24(4,5)27-21)14-19(16)11-10-17-6-8-18(9-7-17)13-22(25)26/h6-9,12,14H,13,15H2,1-5H3,(H,25,26). The number of benzene rings is 2. The quantitative estimate of drug-likeness (QED) is 0.776. The van der Waals surface area contributed by atoms with Gasteiger partial charge in [0.2, 0.25) is 0 Å². The minimum absolute atomic E-state index is 0.0275. The molecule has 0 atom stereocenters. The predicted molar refractivity (Wildman–Crippen MR) is 107 cm³/mol. The predicted octanol–water partition coefficient (Wildman–Crippen LogP) is 4.86. The molecule has 1 N–H and O–H groups in total. The summed E-state index contributed by atoms with van der Waals surface area (Å²) in [7, 11) is 0. The van der Waals surface area contributed by atoms with Gasteiger partial charge < -0.3 is 9.84 Å². The van der Waals surface area contributed by atoms with Gasteiger partial charge in [-0.2, -0.15) is 0 Å². The van der Waals surface area contributed by atoms with E-state index in [2.05, 4.69) is 58.6 Å². The third kappa shape index (κ3) is 4.34. The molecule has 0 saturated carbocycles. The van der Waals surface area contributed by atoms with Gasteiger partial charge in [-0.05, 0) is 68.0 Å². The Labute approximate surface area is 161 Å². The monoisotopic (exact) mass is 362 g/mol. The third-order valence-electron chi connectivity index (χ3n) is 4.96. The van der Waals surface area contributed by atoms with E-state index >= 15 is 0 Å². The zero-order valence-electron chi connectivity index (χ0n) is 16.6. The Bertz CT molecular complexity index is 938. The van der Waals surface area contributed by atoms with Crippen LogP contribution in [0.2, 0.25) is 0 Å². The fraction of sp³-hybridized carbons (Fsp3) is 0.375. The highest BCUT2D eigenvalue weighted by Crippen LogP contribution is 2.45. The molecule has 140 valence electrons. The SMILES string of the molecule is Cc1cc2c(cc1C#Cc1ccc(CC(=O)O)cc1)C(C)(C)CC(C)(C)O2. The molecule has 2 aromatic rings. The number of ether oxygens (including phenoxy) is 1. The van der Waals surface area contributed by atoms with Crippen LogP contribution in [0, 0.1) is 18.8 Å². The van der Waals surface area contributed by atoms with Crippen LogP contribution in [0.15, 0.2) is 36.4 Å². The van der Waals surface area contributed by atoms with Crippen molar-refractivity contribution in [1.82, 2.24) is 0 Å². The van der Waals surface area contributed by atoms with E-state index in [0.29, 0.717) is 0 Å². The average Bonchev–Trinajstić information content (AvgIpc) is 2.52. The molecule has 0 spiro atoms. The topological polar surface area (TPSA) is 46.5 Å². The molecule has 3 heteroatoms. The molecule has 0 fully saturated rings. The Hall–Kier alpha value is -2.73. The van der Waals surface area contributed by atoms with E-state index in [1.807, 2.05) is 24.3 Å². The Kier molecular flexibility index (Phi) is 4.78. The van der Waals surface area contributed by atoms with E-state index in [-0.39, 0.29) is 17.4 Å². The zero-order valence-corrected chi connectivity index (χ0v) is 16.6. The van der Waals surface area contributed by atoms with E-state index in [9.17, 15) is 4.79 Å². The summed E-state index contributed by atoms with van der Waals surface area (Å²) < 4.78 is 6.20. The highest BCUT2D eigenvalue weighted by molar-refractivity contribution is 5.70. The molecule has 3 nitrogen and oxygen atoms in total. The third-order valence-corrected chi connectivity index (χ3v) is 4.96. The largest absolute Gasteiger partial charge is 0.488 e. The summed E-state index contributed by atoms with van der Waals surface area (Å²) in [5.74, 6) is 6.60. The van der Waals surface area contributed by atoms with Crippen molar-refractivity contribution in [2.75, 3.05) is 0 Å². The maximum atomic E-state index is 10.8. The number of aryl methyl sites for hydroxylation is 1. The van der Waals surface area contributed by atoms with Gasteiger partial charge in [-0.1, -0.05) is 37.8 Å². The van der Waals surface area contributed by atoms with Crippen molar-refractivity contribution in [3.63, 3.8) is 0 Å². The second-order valence-corrected chi connectivity index (χ2v) is 8.60. The Balaban J connectivity index is 1.92. The molecule has 1 aliphatic heterocycles. The summed E-state index contributed by atoms with van der Waals surface area (Å²) >= 11 is 0. The Morgan fingerprint density at radius 3 is 2.41 bits per heavy atom. The first kappa shape index (κ1) is 19.0. The van der Waals surface area contributed by atoms with E-state index in [1.165, 1.54) is 5.56 Å². The van der Waals surface area contributed by atoms with Gasteiger partial charge in [0.15, 0.2) is 0 Å². The molecule has 1 aliphatic rings. The van der Waals surface area contributed by atoms with Crippen LogP contribution >= 0.6 is 0 Å². The summed E-state index contributed by atoms with van der Waals surface area (Å²) in [5.41, 5.74) is 4.80. The van der Waals surface area contributed by atoms with Crippen molar-refractivity contribution in [1.29, 1.82) is 0 Å². The first-order valence-electron chi connectivity index (χ1n) is 9.23. The van der Waals surface area contributed by atoms with Crippen LogP contribution in [-0.4, -0.2) is 16.7 Å². The van der Waals surface area contributed by atoms with Gasteiger partial charge in [-0.25, -0.2) is 0 Å². The van der Waals surface area contributed by atoms with Crippen LogP contribution in [0.1, 0.15) is 61.9 Å². The van der Waals surface area contributed by atoms with Crippen LogP contribution in [0.25, 0.3) is 0 Å². The lowest BCUT2D eigenvalue weighted by Gasteiger charge is -2.42. The molecule has 1 heterocycles. The van der Waals surface area contributed by atoms with Crippen molar-refractivity contribution < 1.29 is 14.6 Å². The van der Waals surface area contributed by atoms with E-state index < -0.39 is 5.97 Å². The van der Waals surface area contributed by atoms with Crippen LogP contribution < -0.4 is 4.74 Å². The molecule has 0 amide bonds. The minimum atomic E-state index is -0.827. The fourth-order valence-corrected chi connectivity index (χ4v) is 3.94. The van der Waals surface area contributed by atoms with Gasteiger partial charge in [0.05, 0.1) is 6.42 Å². The van der Waals surface area contributed by atoms with Crippen molar-refractivity contribution in [3.05, 3.63) is 64.2 Å². The number of hydrogen-bond acceptors (Lipinski definition) is 2. The zero-order chi connectivity index (χ0) is 19.8. The number of aliphatic carboxylic acids is 1. The Morgan fingerprint density at radius 2 is 1.78 bits per heavy atom. The minimum Gasteiger partial charge on any atom is -0.488 e. The van der Waals surface area contributed by atoms with Gasteiger partial charge in [0.25, 0.3) is 0 Å². The number of carbonyl (C=O) groups is 1. The van der Waals surface area contributed by atoms with Gasteiger partial charge in [-0.3, -0.25) is 4.79 Å². The molecule has 0 saturated heterocycles.